The zero-order chi connectivity index (χ0) is 37.8. The number of phenols is 1. The SMILES string of the molecule is Cc1ccc(C(=O)n2c(C)c(CC(=O)O)c3cc(OC(=O)C(c4c(C)n(C(=O)c5ccc(C)cc5)c5cc(F)c(O)cc45)C(C)C)c(F)cc32)cc1. The normalized spacial score (nSPS) is 12.1. The summed E-state index contributed by atoms with van der Waals surface area (Å²) >= 11 is 0. The Kier molecular flexibility index (Phi) is 9.31. The van der Waals surface area contributed by atoms with Crippen molar-refractivity contribution in [2.75, 3.05) is 0 Å². The quantitative estimate of drug-likeness (QED) is 0.121. The second-order valence-corrected chi connectivity index (χ2v) is 13.4. The van der Waals surface area contributed by atoms with E-state index in [-0.39, 0.29) is 32.9 Å². The molecule has 6 rings (SSSR count). The number of nitrogens with zero attached hydrogens (tertiary/aromatic N) is 2. The summed E-state index contributed by atoms with van der Waals surface area (Å²) in [5, 5.41) is 20.6. The molecular formula is C41H36F2N2O7. The number of rotatable bonds is 8. The van der Waals surface area contributed by atoms with Gasteiger partial charge in [0.2, 0.25) is 0 Å². The van der Waals surface area contributed by atoms with Crippen molar-refractivity contribution in [2.24, 2.45) is 5.92 Å². The summed E-state index contributed by atoms with van der Waals surface area (Å²) in [5.74, 6) is -7.84. The van der Waals surface area contributed by atoms with Crippen LogP contribution in [0.4, 0.5) is 8.78 Å². The minimum Gasteiger partial charge on any atom is -0.505 e. The highest BCUT2D eigenvalue weighted by Crippen LogP contribution is 2.40. The highest BCUT2D eigenvalue weighted by atomic mass is 19.1. The van der Waals surface area contributed by atoms with Gasteiger partial charge >= 0.3 is 11.9 Å². The van der Waals surface area contributed by atoms with Crippen LogP contribution in [0.1, 0.15) is 74.1 Å². The van der Waals surface area contributed by atoms with Crippen molar-refractivity contribution in [1.29, 1.82) is 0 Å². The van der Waals surface area contributed by atoms with E-state index in [1.165, 1.54) is 15.2 Å². The summed E-state index contributed by atoms with van der Waals surface area (Å²) in [6.07, 6.45) is -0.488. The highest BCUT2D eigenvalue weighted by Gasteiger charge is 2.35. The minimum absolute atomic E-state index is 0.100. The van der Waals surface area contributed by atoms with E-state index < -0.39 is 65.1 Å². The van der Waals surface area contributed by atoms with Gasteiger partial charge in [-0.05, 0) is 81.1 Å². The number of hydrogen-bond donors (Lipinski definition) is 2. The van der Waals surface area contributed by atoms with Crippen LogP contribution in [0.15, 0.2) is 72.8 Å². The number of halogens is 2. The van der Waals surface area contributed by atoms with Crippen LogP contribution >= 0.6 is 0 Å². The van der Waals surface area contributed by atoms with Gasteiger partial charge in [-0.15, -0.1) is 0 Å². The monoisotopic (exact) mass is 706 g/mol. The van der Waals surface area contributed by atoms with E-state index in [4.69, 9.17) is 4.74 Å². The summed E-state index contributed by atoms with van der Waals surface area (Å²) in [7, 11) is 0. The molecule has 2 N–H and O–H groups in total. The van der Waals surface area contributed by atoms with Crippen LogP contribution in [-0.2, 0) is 16.0 Å². The number of carbonyl (C=O) groups is 4. The molecule has 0 bridgehead atoms. The molecule has 2 aromatic heterocycles. The Labute approximate surface area is 297 Å². The Bertz CT molecular complexity index is 2440. The van der Waals surface area contributed by atoms with Gasteiger partial charge in [0, 0.05) is 45.4 Å². The molecule has 0 saturated heterocycles. The molecule has 0 radical (unpaired) electrons. The lowest BCUT2D eigenvalue weighted by Crippen LogP contribution is -2.25. The highest BCUT2D eigenvalue weighted by molar-refractivity contribution is 6.07. The van der Waals surface area contributed by atoms with Gasteiger partial charge in [-0.3, -0.25) is 28.3 Å². The Morgan fingerprint density at radius 2 is 1.21 bits per heavy atom. The van der Waals surface area contributed by atoms with Gasteiger partial charge < -0.3 is 14.9 Å². The number of aromatic nitrogens is 2. The number of carboxylic acids is 1. The van der Waals surface area contributed by atoms with Gasteiger partial charge in [0.25, 0.3) is 11.8 Å². The standard InChI is InChI=1S/C41H36F2N2O7/c1-20(2)37(38-24(6)45(33-18-30(42)34(46)15-29(33)38)40(50)26-13-9-22(4)10-14-26)41(51)52-35-16-28-27(17-36(47)48)23(5)44(32(28)19-31(35)43)39(49)25-11-7-21(3)8-12-25/h7-16,18-20,37,46H,17H2,1-6H3,(H,47,48). The summed E-state index contributed by atoms with van der Waals surface area (Å²) in [4.78, 5) is 53.6. The molecule has 266 valence electrons. The molecule has 0 aliphatic rings. The molecule has 4 aromatic carbocycles. The van der Waals surface area contributed by atoms with E-state index in [1.54, 1.807) is 76.2 Å². The number of carboxylic acid groups (broad SMARTS) is 1. The van der Waals surface area contributed by atoms with Crippen LogP contribution < -0.4 is 4.74 Å². The average molecular weight is 707 g/mol. The first-order chi connectivity index (χ1) is 24.6. The molecule has 0 aliphatic heterocycles. The Hall–Kier alpha value is -6.10. The number of aryl methyl sites for hydroxylation is 2. The first-order valence-corrected chi connectivity index (χ1v) is 16.6. The van der Waals surface area contributed by atoms with Gasteiger partial charge in [-0.25, -0.2) is 8.78 Å². The van der Waals surface area contributed by atoms with Gasteiger partial charge in [0.1, 0.15) is 0 Å². The Morgan fingerprint density at radius 3 is 1.73 bits per heavy atom. The smallest absolute Gasteiger partial charge is 0.319 e. The van der Waals surface area contributed by atoms with E-state index in [0.717, 1.165) is 29.3 Å². The van der Waals surface area contributed by atoms with Crippen LogP contribution in [0, 0.1) is 45.2 Å². The average Bonchev–Trinajstić information content (AvgIpc) is 3.49. The molecule has 0 saturated carbocycles. The molecule has 2 heterocycles. The lowest BCUT2D eigenvalue weighted by atomic mass is 9.86. The van der Waals surface area contributed by atoms with Crippen molar-refractivity contribution in [3.8, 4) is 11.5 Å². The predicted molar refractivity (Wildman–Crippen MR) is 191 cm³/mol. The number of benzene rings is 4. The van der Waals surface area contributed by atoms with E-state index in [2.05, 4.69) is 0 Å². The van der Waals surface area contributed by atoms with Crippen molar-refractivity contribution < 1.29 is 42.9 Å². The molecule has 0 aliphatic carbocycles. The first kappa shape index (κ1) is 35.7. The molecule has 1 unspecified atom stereocenters. The second-order valence-electron chi connectivity index (χ2n) is 13.4. The number of ether oxygens (including phenoxy) is 1. The van der Waals surface area contributed by atoms with E-state index in [0.29, 0.717) is 22.5 Å². The summed E-state index contributed by atoms with van der Waals surface area (Å²) in [5.41, 5.74) is 3.80. The summed E-state index contributed by atoms with van der Waals surface area (Å²) in [6, 6.07) is 18.0. The fourth-order valence-corrected chi connectivity index (χ4v) is 6.84. The van der Waals surface area contributed by atoms with Crippen molar-refractivity contribution >= 4 is 45.6 Å². The second kappa shape index (κ2) is 13.6. The number of hydrogen-bond acceptors (Lipinski definition) is 6. The number of aliphatic carboxylic acids is 1. The largest absolute Gasteiger partial charge is 0.505 e. The lowest BCUT2D eigenvalue weighted by Gasteiger charge is -2.21. The maximum Gasteiger partial charge on any atom is 0.319 e. The first-order valence-electron chi connectivity index (χ1n) is 16.6. The molecule has 6 aromatic rings. The molecular weight excluding hydrogens is 670 g/mol. The third kappa shape index (κ3) is 6.23. The maximum absolute atomic E-state index is 16.0. The van der Waals surface area contributed by atoms with Crippen LogP contribution in [-0.4, -0.2) is 43.1 Å². The van der Waals surface area contributed by atoms with E-state index in [9.17, 15) is 33.8 Å². The molecule has 0 spiro atoms. The molecule has 1 atom stereocenters. The zero-order valence-corrected chi connectivity index (χ0v) is 29.4. The number of fused-ring (bicyclic) bond motifs is 2. The number of esters is 1. The van der Waals surface area contributed by atoms with Crippen LogP contribution in [0.25, 0.3) is 21.8 Å². The van der Waals surface area contributed by atoms with Gasteiger partial charge in [0.15, 0.2) is 23.1 Å². The fraction of sp³-hybridized carbons (Fsp3) is 0.220. The van der Waals surface area contributed by atoms with Crippen molar-refractivity contribution in [3.63, 3.8) is 0 Å². The van der Waals surface area contributed by atoms with E-state index >= 15 is 4.39 Å². The molecule has 11 heteroatoms. The molecule has 0 fully saturated rings. The molecule has 52 heavy (non-hydrogen) atoms. The number of carbonyl (C=O) groups excluding carboxylic acids is 3. The van der Waals surface area contributed by atoms with Gasteiger partial charge in [0.05, 0.1) is 23.4 Å². The third-order valence-electron chi connectivity index (χ3n) is 9.48. The fourth-order valence-electron chi connectivity index (χ4n) is 6.84. The molecule has 0 amide bonds. The van der Waals surface area contributed by atoms with Gasteiger partial charge in [-0.2, -0.15) is 0 Å². The van der Waals surface area contributed by atoms with Crippen LogP contribution in [0.5, 0.6) is 11.5 Å². The Balaban J connectivity index is 1.47. The Morgan fingerprint density at radius 1 is 0.712 bits per heavy atom. The van der Waals surface area contributed by atoms with Crippen molar-refractivity contribution in [1.82, 2.24) is 9.13 Å². The minimum atomic E-state index is -1.18. The number of phenolic OH excluding ortho intramolecular Hbond substituents is 1. The van der Waals surface area contributed by atoms with Crippen molar-refractivity contribution in [3.05, 3.63) is 129 Å². The van der Waals surface area contributed by atoms with Crippen LogP contribution in [0.3, 0.4) is 0 Å². The maximum atomic E-state index is 16.0. The van der Waals surface area contributed by atoms with Crippen molar-refractivity contribution in [2.45, 2.75) is 53.9 Å². The lowest BCUT2D eigenvalue weighted by molar-refractivity contribution is -0.138. The molecule has 9 nitrogen and oxygen atoms in total. The van der Waals surface area contributed by atoms with Crippen LogP contribution in [0.2, 0.25) is 0 Å². The summed E-state index contributed by atoms with van der Waals surface area (Å²) < 4.78 is 39.0. The van der Waals surface area contributed by atoms with Gasteiger partial charge in [-0.1, -0.05) is 49.2 Å². The number of aromatic hydroxyl groups is 1. The predicted octanol–water partition coefficient (Wildman–Crippen LogP) is 8.16. The van der Waals surface area contributed by atoms with E-state index in [1.807, 2.05) is 13.8 Å². The summed E-state index contributed by atoms with van der Waals surface area (Å²) in [6.45, 7) is 10.4. The topological polar surface area (TPSA) is 128 Å². The zero-order valence-electron chi connectivity index (χ0n) is 29.4. The third-order valence-corrected chi connectivity index (χ3v) is 9.48.